The molecule has 2 aromatic carbocycles. The van der Waals surface area contributed by atoms with Crippen LogP contribution in [0.15, 0.2) is 42.5 Å². The molecule has 5 heteroatoms. The Balaban J connectivity index is 2.16. The van der Waals surface area contributed by atoms with Crippen molar-refractivity contribution in [2.45, 2.75) is 6.92 Å². The van der Waals surface area contributed by atoms with Crippen LogP contribution in [-0.2, 0) is 0 Å². The molecule has 22 heavy (non-hydrogen) atoms. The van der Waals surface area contributed by atoms with Gasteiger partial charge in [-0.1, -0.05) is 12.1 Å². The fraction of sp³-hybridized carbons (Fsp3) is 0.118. The van der Waals surface area contributed by atoms with E-state index in [2.05, 4.69) is 0 Å². The number of carboxylic acids is 1. The highest BCUT2D eigenvalue weighted by Crippen LogP contribution is 2.41. The Morgan fingerprint density at radius 2 is 1.95 bits per heavy atom. The lowest BCUT2D eigenvalue weighted by Gasteiger charge is -2.07. The quantitative estimate of drug-likeness (QED) is 0.758. The molecule has 0 amide bonds. The molecule has 4 nitrogen and oxygen atoms in total. The van der Waals surface area contributed by atoms with Crippen molar-refractivity contribution in [2.75, 3.05) is 7.11 Å². The zero-order chi connectivity index (χ0) is 15.7. The van der Waals surface area contributed by atoms with Gasteiger partial charge in [0.15, 0.2) is 10.6 Å². The molecule has 1 aromatic heterocycles. The lowest BCUT2D eigenvalue weighted by Crippen LogP contribution is -1.95. The molecule has 0 aliphatic rings. The van der Waals surface area contributed by atoms with Crippen LogP contribution in [0.1, 0.15) is 15.2 Å². The van der Waals surface area contributed by atoms with Crippen molar-refractivity contribution in [1.29, 1.82) is 0 Å². The van der Waals surface area contributed by atoms with E-state index in [-0.39, 0.29) is 4.88 Å². The molecule has 0 aliphatic carbocycles. The minimum absolute atomic E-state index is 0.185. The lowest BCUT2D eigenvalue weighted by atomic mass is 10.2. The summed E-state index contributed by atoms with van der Waals surface area (Å²) in [5, 5.41) is 10.2. The summed E-state index contributed by atoms with van der Waals surface area (Å²) in [6.45, 7) is 1.96. The van der Waals surface area contributed by atoms with Crippen LogP contribution in [0, 0.1) is 6.92 Å². The highest BCUT2D eigenvalue weighted by atomic mass is 32.1. The monoisotopic (exact) mass is 314 g/mol. The first-order valence-electron chi connectivity index (χ1n) is 6.67. The number of hydrogen-bond donors (Lipinski definition) is 1. The molecule has 0 bridgehead atoms. The van der Waals surface area contributed by atoms with Gasteiger partial charge in [0.1, 0.15) is 11.5 Å². The molecule has 0 spiro atoms. The summed E-state index contributed by atoms with van der Waals surface area (Å²) in [5.41, 5.74) is 1.05. The number of hydrogen-bond acceptors (Lipinski definition) is 4. The summed E-state index contributed by atoms with van der Waals surface area (Å²) in [6.07, 6.45) is 0. The van der Waals surface area contributed by atoms with Gasteiger partial charge in [-0.15, -0.1) is 11.3 Å². The number of aryl methyl sites for hydroxylation is 1. The molecule has 0 fully saturated rings. The van der Waals surface area contributed by atoms with Crippen LogP contribution in [0.25, 0.3) is 10.1 Å². The van der Waals surface area contributed by atoms with Gasteiger partial charge in [-0.25, -0.2) is 4.79 Å². The van der Waals surface area contributed by atoms with Crippen molar-refractivity contribution in [3.8, 4) is 17.2 Å². The zero-order valence-electron chi connectivity index (χ0n) is 12.1. The van der Waals surface area contributed by atoms with Crippen molar-refractivity contribution in [3.05, 3.63) is 52.9 Å². The number of ether oxygens (including phenoxy) is 2. The highest BCUT2D eigenvalue weighted by Gasteiger charge is 2.20. The van der Waals surface area contributed by atoms with Gasteiger partial charge >= 0.3 is 5.97 Å². The van der Waals surface area contributed by atoms with E-state index in [4.69, 9.17) is 9.47 Å². The molecule has 0 radical (unpaired) electrons. The number of thiophene rings is 1. The minimum atomic E-state index is -0.997. The first-order valence-corrected chi connectivity index (χ1v) is 7.48. The van der Waals surface area contributed by atoms with Crippen LogP contribution < -0.4 is 9.47 Å². The van der Waals surface area contributed by atoms with Crippen molar-refractivity contribution < 1.29 is 19.4 Å². The van der Waals surface area contributed by atoms with Crippen LogP contribution in [0.2, 0.25) is 0 Å². The maximum absolute atomic E-state index is 11.5. The van der Waals surface area contributed by atoms with Crippen molar-refractivity contribution >= 4 is 27.4 Å². The Morgan fingerprint density at radius 3 is 2.64 bits per heavy atom. The maximum atomic E-state index is 11.5. The number of rotatable bonds is 4. The van der Waals surface area contributed by atoms with Crippen LogP contribution in [-0.4, -0.2) is 18.2 Å². The number of carbonyl (C=O) groups is 1. The molecule has 0 saturated heterocycles. The second-order valence-corrected chi connectivity index (χ2v) is 5.90. The number of benzene rings is 2. The SMILES string of the molecule is COc1ccc2sc(C(=O)O)c(Oc3cccc(C)c3)c2c1. The lowest BCUT2D eigenvalue weighted by molar-refractivity contribution is 0.0700. The highest BCUT2D eigenvalue weighted by molar-refractivity contribution is 7.21. The van der Waals surface area contributed by atoms with Gasteiger partial charge in [0.2, 0.25) is 0 Å². The van der Waals surface area contributed by atoms with E-state index in [1.165, 1.54) is 11.3 Å². The second kappa shape index (κ2) is 5.69. The smallest absolute Gasteiger partial charge is 0.349 e. The molecule has 3 aromatic rings. The molecule has 0 aliphatic heterocycles. The third-order valence-corrected chi connectivity index (χ3v) is 4.39. The molecular formula is C17H14O4S. The molecule has 1 heterocycles. The van der Waals surface area contributed by atoms with E-state index in [1.807, 2.05) is 37.3 Å². The van der Waals surface area contributed by atoms with E-state index in [9.17, 15) is 9.90 Å². The number of aromatic carboxylic acids is 1. The summed E-state index contributed by atoms with van der Waals surface area (Å²) in [4.78, 5) is 11.7. The van der Waals surface area contributed by atoms with Gasteiger partial charge in [-0.05, 0) is 42.8 Å². The van der Waals surface area contributed by atoms with Crippen molar-refractivity contribution in [3.63, 3.8) is 0 Å². The molecule has 1 N–H and O–H groups in total. The van der Waals surface area contributed by atoms with Crippen LogP contribution >= 0.6 is 11.3 Å². The van der Waals surface area contributed by atoms with Gasteiger partial charge < -0.3 is 14.6 Å². The van der Waals surface area contributed by atoms with E-state index in [1.54, 1.807) is 19.2 Å². The van der Waals surface area contributed by atoms with E-state index >= 15 is 0 Å². The van der Waals surface area contributed by atoms with E-state index < -0.39 is 5.97 Å². The first-order chi connectivity index (χ1) is 10.6. The number of methoxy groups -OCH3 is 1. The maximum Gasteiger partial charge on any atom is 0.349 e. The fourth-order valence-corrected chi connectivity index (χ4v) is 3.17. The molecular weight excluding hydrogens is 300 g/mol. The number of carboxylic acid groups (broad SMARTS) is 1. The fourth-order valence-electron chi connectivity index (χ4n) is 2.22. The Labute approximate surface area is 131 Å². The van der Waals surface area contributed by atoms with Gasteiger partial charge in [0, 0.05) is 10.1 Å². The summed E-state index contributed by atoms with van der Waals surface area (Å²) in [7, 11) is 1.58. The summed E-state index contributed by atoms with van der Waals surface area (Å²) in [5.74, 6) is 0.640. The standard InChI is InChI=1S/C17H14O4S/c1-10-4-3-5-12(8-10)21-15-13-9-11(20-2)6-7-14(13)22-16(15)17(18)19/h3-9H,1-2H3,(H,18,19). The minimum Gasteiger partial charge on any atom is -0.497 e. The first kappa shape index (κ1) is 14.4. The van der Waals surface area contributed by atoms with Crippen molar-refractivity contribution in [1.82, 2.24) is 0 Å². The Morgan fingerprint density at radius 1 is 1.14 bits per heavy atom. The summed E-state index contributed by atoms with van der Waals surface area (Å²) < 4.78 is 11.9. The van der Waals surface area contributed by atoms with Gasteiger partial charge in [0.05, 0.1) is 7.11 Å². The zero-order valence-corrected chi connectivity index (χ0v) is 12.9. The van der Waals surface area contributed by atoms with Crippen LogP contribution in [0.4, 0.5) is 0 Å². The van der Waals surface area contributed by atoms with E-state index in [0.717, 1.165) is 15.6 Å². The largest absolute Gasteiger partial charge is 0.497 e. The third kappa shape index (κ3) is 2.63. The van der Waals surface area contributed by atoms with E-state index in [0.29, 0.717) is 17.2 Å². The molecule has 0 unspecified atom stereocenters. The molecule has 3 rings (SSSR count). The summed E-state index contributed by atoms with van der Waals surface area (Å²) in [6, 6.07) is 13.0. The molecule has 0 saturated carbocycles. The van der Waals surface area contributed by atoms with Crippen molar-refractivity contribution in [2.24, 2.45) is 0 Å². The average molecular weight is 314 g/mol. The third-order valence-electron chi connectivity index (χ3n) is 3.25. The summed E-state index contributed by atoms with van der Waals surface area (Å²) >= 11 is 1.19. The van der Waals surface area contributed by atoms with Gasteiger partial charge in [0.25, 0.3) is 0 Å². The Kier molecular flexibility index (Phi) is 3.73. The topological polar surface area (TPSA) is 55.8 Å². The number of fused-ring (bicyclic) bond motifs is 1. The molecule has 112 valence electrons. The second-order valence-electron chi connectivity index (χ2n) is 4.85. The van der Waals surface area contributed by atoms with Crippen LogP contribution in [0.5, 0.6) is 17.2 Å². The average Bonchev–Trinajstić information content (AvgIpc) is 2.85. The van der Waals surface area contributed by atoms with Crippen LogP contribution in [0.3, 0.4) is 0 Å². The molecule has 0 atom stereocenters. The normalized spacial score (nSPS) is 10.6. The Hall–Kier alpha value is -2.53. The van der Waals surface area contributed by atoms with Gasteiger partial charge in [-0.3, -0.25) is 0 Å². The van der Waals surface area contributed by atoms with Gasteiger partial charge in [-0.2, -0.15) is 0 Å². The predicted molar refractivity (Wildman–Crippen MR) is 86.6 cm³/mol. The Bertz CT molecular complexity index is 851. The predicted octanol–water partition coefficient (Wildman–Crippen LogP) is 4.71.